The second-order valence-electron chi connectivity index (χ2n) is 9.52. The average Bonchev–Trinajstić information content (AvgIpc) is 2.80. The smallest absolute Gasteiger partial charge is 0.244 e. The maximum atomic E-state index is 13.6. The normalized spacial score (nSPS) is 13.3. The van der Waals surface area contributed by atoms with Crippen LogP contribution in [0.2, 0.25) is 0 Å². The molecule has 0 spiro atoms. The van der Waals surface area contributed by atoms with Gasteiger partial charge in [0.05, 0.1) is 11.9 Å². The highest BCUT2D eigenvalue weighted by Gasteiger charge is 2.30. The van der Waals surface area contributed by atoms with Gasteiger partial charge >= 0.3 is 0 Å². The molecule has 2 amide bonds. The minimum absolute atomic E-state index is 0.0340. The third-order valence-corrected chi connectivity index (χ3v) is 7.31. The Labute approximate surface area is 210 Å². The largest absolute Gasteiger partial charge is 0.352 e. The molecule has 0 fully saturated rings. The lowest BCUT2D eigenvalue weighted by Crippen LogP contribution is -2.52. The van der Waals surface area contributed by atoms with Gasteiger partial charge in [-0.05, 0) is 56.4 Å². The van der Waals surface area contributed by atoms with Crippen LogP contribution in [0.3, 0.4) is 0 Å². The second kappa shape index (κ2) is 12.2. The fraction of sp³-hybridized carbons (Fsp3) is 0.481. The SMILES string of the molecule is CC[C@H](C)NC(=O)[C@H](C)N(Cc1ccc(C)cc1)C(=O)CN(c1ccc(C(C)C)cc1)S(C)(=O)=O. The molecule has 1 N–H and O–H groups in total. The molecule has 7 nitrogen and oxygen atoms in total. The number of nitrogens with zero attached hydrogens (tertiary/aromatic N) is 2. The van der Waals surface area contributed by atoms with E-state index in [4.69, 9.17) is 0 Å². The van der Waals surface area contributed by atoms with E-state index in [1.165, 1.54) is 4.90 Å². The summed E-state index contributed by atoms with van der Waals surface area (Å²) in [6.07, 6.45) is 1.85. The van der Waals surface area contributed by atoms with Crippen molar-refractivity contribution in [3.63, 3.8) is 0 Å². The molecular formula is C27H39N3O4S. The Morgan fingerprint density at radius 1 is 0.943 bits per heavy atom. The number of rotatable bonds is 11. The van der Waals surface area contributed by atoms with Crippen molar-refractivity contribution in [2.24, 2.45) is 0 Å². The van der Waals surface area contributed by atoms with Crippen LogP contribution in [-0.2, 0) is 26.2 Å². The van der Waals surface area contributed by atoms with E-state index >= 15 is 0 Å². The number of hydrogen-bond donors (Lipinski definition) is 1. The number of carbonyl (C=O) groups is 2. The molecule has 0 heterocycles. The van der Waals surface area contributed by atoms with Gasteiger partial charge in [0.1, 0.15) is 12.6 Å². The molecule has 35 heavy (non-hydrogen) atoms. The standard InChI is InChI=1S/C27H39N3O4S/c1-8-21(5)28-27(32)22(6)29(17-23-11-9-20(4)10-12-23)26(31)18-30(35(7,33)34)25-15-13-24(14-16-25)19(2)3/h9-16,19,21-22H,8,17-18H2,1-7H3,(H,28,32)/t21-,22-/m0/s1. The van der Waals surface area contributed by atoms with E-state index in [-0.39, 0.29) is 18.5 Å². The molecule has 0 bridgehead atoms. The Hall–Kier alpha value is -2.87. The summed E-state index contributed by atoms with van der Waals surface area (Å²) < 4.78 is 26.4. The van der Waals surface area contributed by atoms with Crippen LogP contribution in [0.4, 0.5) is 5.69 Å². The Morgan fingerprint density at radius 2 is 1.51 bits per heavy atom. The van der Waals surface area contributed by atoms with Gasteiger partial charge in [-0.25, -0.2) is 8.42 Å². The first-order valence-electron chi connectivity index (χ1n) is 12.1. The Morgan fingerprint density at radius 3 is 2.00 bits per heavy atom. The van der Waals surface area contributed by atoms with Crippen LogP contribution in [0.25, 0.3) is 0 Å². The second-order valence-corrected chi connectivity index (χ2v) is 11.4. The molecule has 0 unspecified atom stereocenters. The predicted octanol–water partition coefficient (Wildman–Crippen LogP) is 4.22. The molecule has 0 aromatic heterocycles. The third kappa shape index (κ3) is 8.09. The molecule has 8 heteroatoms. The summed E-state index contributed by atoms with van der Waals surface area (Å²) in [4.78, 5) is 27.9. The lowest BCUT2D eigenvalue weighted by molar-refractivity contribution is -0.139. The molecule has 0 aliphatic rings. The lowest BCUT2D eigenvalue weighted by Gasteiger charge is -2.32. The average molecular weight is 502 g/mol. The summed E-state index contributed by atoms with van der Waals surface area (Å²) >= 11 is 0. The quantitative estimate of drug-likeness (QED) is 0.500. The van der Waals surface area contributed by atoms with Crippen molar-refractivity contribution in [1.29, 1.82) is 0 Å². The van der Waals surface area contributed by atoms with Gasteiger partial charge in [-0.3, -0.25) is 13.9 Å². The highest BCUT2D eigenvalue weighted by atomic mass is 32.2. The van der Waals surface area contributed by atoms with Gasteiger partial charge < -0.3 is 10.2 Å². The van der Waals surface area contributed by atoms with E-state index in [9.17, 15) is 18.0 Å². The fourth-order valence-corrected chi connectivity index (χ4v) is 4.43. The molecule has 0 saturated carbocycles. The van der Waals surface area contributed by atoms with Gasteiger partial charge in [0.25, 0.3) is 0 Å². The van der Waals surface area contributed by atoms with Crippen LogP contribution in [-0.4, -0.2) is 50.0 Å². The van der Waals surface area contributed by atoms with Gasteiger partial charge in [-0.1, -0.05) is 62.7 Å². The van der Waals surface area contributed by atoms with Gasteiger partial charge in [0, 0.05) is 12.6 Å². The lowest BCUT2D eigenvalue weighted by atomic mass is 10.0. The van der Waals surface area contributed by atoms with Gasteiger partial charge in [-0.2, -0.15) is 0 Å². The van der Waals surface area contributed by atoms with Crippen LogP contribution < -0.4 is 9.62 Å². The van der Waals surface area contributed by atoms with Crippen molar-refractivity contribution in [3.05, 3.63) is 65.2 Å². The predicted molar refractivity (Wildman–Crippen MR) is 142 cm³/mol. The highest BCUT2D eigenvalue weighted by molar-refractivity contribution is 7.92. The number of amides is 2. The zero-order chi connectivity index (χ0) is 26.3. The molecule has 2 aromatic carbocycles. The number of carbonyl (C=O) groups excluding carboxylic acids is 2. The van der Waals surface area contributed by atoms with Crippen LogP contribution in [0.5, 0.6) is 0 Å². The van der Waals surface area contributed by atoms with Crippen LogP contribution >= 0.6 is 0 Å². The summed E-state index contributed by atoms with van der Waals surface area (Å²) in [7, 11) is -3.74. The summed E-state index contributed by atoms with van der Waals surface area (Å²) in [5, 5.41) is 2.93. The van der Waals surface area contributed by atoms with Gasteiger partial charge in [0.15, 0.2) is 0 Å². The van der Waals surface area contributed by atoms with Crippen molar-refractivity contribution >= 4 is 27.5 Å². The zero-order valence-corrected chi connectivity index (χ0v) is 22.7. The van der Waals surface area contributed by atoms with Crippen molar-refractivity contribution in [2.75, 3.05) is 17.1 Å². The number of sulfonamides is 1. The molecule has 0 radical (unpaired) electrons. The Bertz CT molecular complexity index is 1100. The van der Waals surface area contributed by atoms with E-state index in [0.717, 1.165) is 33.7 Å². The maximum absolute atomic E-state index is 13.6. The van der Waals surface area contributed by atoms with E-state index < -0.39 is 28.5 Å². The van der Waals surface area contributed by atoms with Crippen molar-refractivity contribution < 1.29 is 18.0 Å². The van der Waals surface area contributed by atoms with Crippen LogP contribution in [0, 0.1) is 6.92 Å². The molecule has 0 aliphatic carbocycles. The molecular weight excluding hydrogens is 462 g/mol. The number of benzene rings is 2. The molecule has 0 aliphatic heterocycles. The van der Waals surface area contributed by atoms with Crippen molar-refractivity contribution in [1.82, 2.24) is 10.2 Å². The maximum Gasteiger partial charge on any atom is 0.244 e. The summed E-state index contributed by atoms with van der Waals surface area (Å²) in [5.74, 6) is -0.421. The van der Waals surface area contributed by atoms with Crippen molar-refractivity contribution in [3.8, 4) is 0 Å². The summed E-state index contributed by atoms with van der Waals surface area (Å²) in [6.45, 7) is 11.4. The summed E-state index contributed by atoms with van der Waals surface area (Å²) in [6, 6.07) is 14.1. The monoisotopic (exact) mass is 501 g/mol. The van der Waals surface area contributed by atoms with E-state index in [1.807, 2.05) is 57.2 Å². The highest BCUT2D eigenvalue weighted by Crippen LogP contribution is 2.23. The topological polar surface area (TPSA) is 86.8 Å². The van der Waals surface area contributed by atoms with E-state index in [1.54, 1.807) is 19.1 Å². The molecule has 2 aromatic rings. The number of anilines is 1. The number of nitrogens with one attached hydrogen (secondary N) is 1. The third-order valence-electron chi connectivity index (χ3n) is 6.17. The molecule has 192 valence electrons. The van der Waals surface area contributed by atoms with Gasteiger partial charge in [-0.15, -0.1) is 0 Å². The molecule has 2 atom stereocenters. The number of hydrogen-bond acceptors (Lipinski definition) is 4. The Kier molecular flexibility index (Phi) is 9.89. The Balaban J connectivity index is 2.37. The van der Waals surface area contributed by atoms with Crippen LogP contribution in [0.15, 0.2) is 48.5 Å². The summed E-state index contributed by atoms with van der Waals surface area (Å²) in [5.41, 5.74) is 3.43. The van der Waals surface area contributed by atoms with E-state index in [0.29, 0.717) is 11.6 Å². The van der Waals surface area contributed by atoms with Crippen LogP contribution in [0.1, 0.15) is 63.6 Å². The first-order valence-corrected chi connectivity index (χ1v) is 13.9. The minimum Gasteiger partial charge on any atom is -0.352 e. The fourth-order valence-electron chi connectivity index (χ4n) is 3.58. The molecule has 2 rings (SSSR count). The van der Waals surface area contributed by atoms with Crippen molar-refractivity contribution in [2.45, 2.75) is 72.5 Å². The van der Waals surface area contributed by atoms with Gasteiger partial charge in [0.2, 0.25) is 21.8 Å². The minimum atomic E-state index is -3.74. The first kappa shape index (κ1) is 28.4. The number of aryl methyl sites for hydroxylation is 1. The molecule has 0 saturated heterocycles. The first-order chi connectivity index (χ1) is 16.3. The van der Waals surface area contributed by atoms with E-state index in [2.05, 4.69) is 19.2 Å². The zero-order valence-electron chi connectivity index (χ0n) is 21.9.